The maximum atomic E-state index is 11.4. The number of aliphatic hydroxyl groups is 1. The van der Waals surface area contributed by atoms with Crippen molar-refractivity contribution < 1.29 is 24.9 Å². The average Bonchev–Trinajstić information content (AvgIpc) is 2.35. The Morgan fingerprint density at radius 3 is 2.63 bits per heavy atom. The Morgan fingerprint density at radius 2 is 1.89 bits per heavy atom. The van der Waals surface area contributed by atoms with Crippen molar-refractivity contribution in [3.63, 3.8) is 0 Å². The number of carbonyl (C=O) groups is 1. The third kappa shape index (κ3) is 1.70. The lowest BCUT2D eigenvalue weighted by molar-refractivity contribution is -0.120. The van der Waals surface area contributed by atoms with E-state index in [4.69, 9.17) is 4.74 Å². The molecule has 1 aliphatic heterocycles. The van der Waals surface area contributed by atoms with Crippen molar-refractivity contribution in [1.82, 2.24) is 0 Å². The van der Waals surface area contributed by atoms with Gasteiger partial charge in [-0.3, -0.25) is 4.79 Å². The highest BCUT2D eigenvalue weighted by atomic mass is 16.5. The fourth-order valence-corrected chi connectivity index (χ4v) is 2.36. The molecule has 0 bridgehead atoms. The lowest BCUT2D eigenvalue weighted by Crippen LogP contribution is -2.26. The molecule has 5 heteroatoms. The van der Waals surface area contributed by atoms with Crippen molar-refractivity contribution in [1.29, 1.82) is 0 Å². The summed E-state index contributed by atoms with van der Waals surface area (Å²) in [7, 11) is 0. The minimum Gasteiger partial charge on any atom is -0.504 e. The summed E-state index contributed by atoms with van der Waals surface area (Å²) in [6.07, 6.45) is 1.55. The van der Waals surface area contributed by atoms with Crippen LogP contribution in [-0.4, -0.2) is 27.2 Å². The molecule has 0 aromatic heterocycles. The molecule has 98 valence electrons. The largest absolute Gasteiger partial charge is 0.504 e. The average molecular weight is 260 g/mol. The van der Waals surface area contributed by atoms with Crippen LogP contribution in [0.5, 0.6) is 17.2 Å². The third-order valence-corrected chi connectivity index (χ3v) is 3.45. The van der Waals surface area contributed by atoms with Gasteiger partial charge in [-0.05, 0) is 12.1 Å². The van der Waals surface area contributed by atoms with Crippen LogP contribution in [0.2, 0.25) is 0 Å². The van der Waals surface area contributed by atoms with Crippen molar-refractivity contribution in [2.75, 3.05) is 0 Å². The first-order valence-corrected chi connectivity index (χ1v) is 5.87. The quantitative estimate of drug-likeness (QED) is 0.613. The summed E-state index contributed by atoms with van der Waals surface area (Å²) in [5, 5.41) is 28.6. The molecule has 1 heterocycles. The predicted octanol–water partition coefficient (Wildman–Crippen LogP) is 1.35. The number of allylic oxidation sites excluding steroid dienone is 1. The molecule has 2 atom stereocenters. The van der Waals surface area contributed by atoms with Crippen LogP contribution < -0.4 is 4.74 Å². The number of ketones is 1. The van der Waals surface area contributed by atoms with Gasteiger partial charge in [-0.25, -0.2) is 0 Å². The number of carbonyl (C=O) groups excluding carboxylic acids is 1. The van der Waals surface area contributed by atoms with E-state index in [2.05, 4.69) is 0 Å². The second-order valence-corrected chi connectivity index (χ2v) is 4.68. The first-order chi connectivity index (χ1) is 8.97. The van der Waals surface area contributed by atoms with E-state index in [0.29, 0.717) is 22.6 Å². The van der Waals surface area contributed by atoms with Crippen LogP contribution in [0, 0.1) is 0 Å². The monoisotopic (exact) mass is 260 g/mol. The Morgan fingerprint density at radius 1 is 1.21 bits per heavy atom. The lowest BCUT2D eigenvalue weighted by atomic mass is 9.84. The zero-order valence-electron chi connectivity index (χ0n) is 10.1. The van der Waals surface area contributed by atoms with Gasteiger partial charge in [-0.15, -0.1) is 0 Å². The second kappa shape index (κ2) is 3.86. The van der Waals surface area contributed by atoms with Gasteiger partial charge in [0.05, 0.1) is 0 Å². The van der Waals surface area contributed by atoms with Crippen molar-refractivity contribution in [3.05, 3.63) is 41.2 Å². The van der Waals surface area contributed by atoms with Gasteiger partial charge in [0.1, 0.15) is 17.6 Å². The number of aromatic hydroxyl groups is 2. The Kier molecular flexibility index (Phi) is 2.40. The molecule has 1 aromatic carbocycles. The van der Waals surface area contributed by atoms with Crippen molar-refractivity contribution in [3.8, 4) is 17.2 Å². The van der Waals surface area contributed by atoms with Gasteiger partial charge in [0.15, 0.2) is 17.3 Å². The minimum atomic E-state index is -1.16. The number of hydrogen-bond acceptors (Lipinski definition) is 5. The fourth-order valence-electron chi connectivity index (χ4n) is 2.36. The Hall–Kier alpha value is -2.27. The topological polar surface area (TPSA) is 87.0 Å². The van der Waals surface area contributed by atoms with Gasteiger partial charge in [-0.2, -0.15) is 0 Å². The number of benzene rings is 1. The van der Waals surface area contributed by atoms with Crippen LogP contribution in [-0.2, 0) is 4.79 Å². The van der Waals surface area contributed by atoms with E-state index < -0.39 is 11.9 Å². The number of aliphatic hydroxyl groups excluding tert-OH is 1. The van der Waals surface area contributed by atoms with E-state index in [1.54, 1.807) is 0 Å². The fraction of sp³-hybridized carbons (Fsp3) is 0.214. The first kappa shape index (κ1) is 11.8. The third-order valence-electron chi connectivity index (χ3n) is 3.45. The summed E-state index contributed by atoms with van der Waals surface area (Å²) < 4.78 is 5.55. The molecule has 0 saturated heterocycles. The van der Waals surface area contributed by atoms with Crippen molar-refractivity contribution >= 4 is 5.78 Å². The van der Waals surface area contributed by atoms with Gasteiger partial charge >= 0.3 is 0 Å². The van der Waals surface area contributed by atoms with Crippen LogP contribution in [0.1, 0.15) is 18.4 Å². The lowest BCUT2D eigenvalue weighted by Gasteiger charge is -2.30. The summed E-state index contributed by atoms with van der Waals surface area (Å²) in [4.78, 5) is 11.4. The van der Waals surface area contributed by atoms with E-state index in [9.17, 15) is 20.1 Å². The van der Waals surface area contributed by atoms with Crippen LogP contribution >= 0.6 is 0 Å². The maximum absolute atomic E-state index is 11.4. The van der Waals surface area contributed by atoms with Crippen LogP contribution in [0.3, 0.4) is 0 Å². The van der Waals surface area contributed by atoms with Gasteiger partial charge in [0.2, 0.25) is 0 Å². The standard InChI is InChI=1S/C14H12O5/c1-6-7-2-9(15)11(17)4-13(7)19-14-5-12(18)10(16)3-8(6)14/h2-6,9,15-16,18H,1H3. The summed E-state index contributed by atoms with van der Waals surface area (Å²) in [6.45, 7) is 1.88. The smallest absolute Gasteiger partial charge is 0.191 e. The summed E-state index contributed by atoms with van der Waals surface area (Å²) in [6, 6.07) is 2.74. The van der Waals surface area contributed by atoms with Crippen LogP contribution in [0.15, 0.2) is 35.6 Å². The van der Waals surface area contributed by atoms with E-state index >= 15 is 0 Å². The van der Waals surface area contributed by atoms with Crippen molar-refractivity contribution in [2.24, 2.45) is 0 Å². The highest BCUT2D eigenvalue weighted by Crippen LogP contribution is 2.46. The van der Waals surface area contributed by atoms with E-state index in [0.717, 1.165) is 0 Å². The van der Waals surface area contributed by atoms with Crippen molar-refractivity contribution in [2.45, 2.75) is 18.9 Å². The summed E-state index contributed by atoms with van der Waals surface area (Å²) in [5.41, 5.74) is 1.39. The normalized spacial score (nSPS) is 24.8. The molecule has 5 nitrogen and oxygen atoms in total. The number of rotatable bonds is 0. The molecular formula is C14H12O5. The van der Waals surface area contributed by atoms with Gasteiger partial charge in [0, 0.05) is 29.2 Å². The number of fused-ring (bicyclic) bond motifs is 2. The molecular weight excluding hydrogens is 248 g/mol. The predicted molar refractivity (Wildman–Crippen MR) is 66.0 cm³/mol. The zero-order valence-corrected chi connectivity index (χ0v) is 10.1. The number of hydrogen-bond donors (Lipinski definition) is 3. The number of ether oxygens (including phenoxy) is 1. The molecule has 19 heavy (non-hydrogen) atoms. The molecule has 0 radical (unpaired) electrons. The molecule has 3 rings (SSSR count). The molecule has 0 saturated carbocycles. The van der Waals surface area contributed by atoms with Gasteiger partial charge in [0.25, 0.3) is 0 Å². The van der Waals surface area contributed by atoms with Crippen LogP contribution in [0.25, 0.3) is 0 Å². The Bertz CT molecular complexity index is 641. The number of phenolic OH excluding ortho intramolecular Hbond substituents is 2. The Balaban J connectivity index is 2.16. The molecule has 0 fully saturated rings. The molecule has 2 aliphatic rings. The van der Waals surface area contributed by atoms with E-state index in [1.165, 1.54) is 24.3 Å². The molecule has 0 amide bonds. The minimum absolute atomic E-state index is 0.149. The van der Waals surface area contributed by atoms with Gasteiger partial charge < -0.3 is 20.1 Å². The van der Waals surface area contributed by atoms with Crippen LogP contribution in [0.4, 0.5) is 0 Å². The summed E-state index contributed by atoms with van der Waals surface area (Å²) in [5.74, 6) is -0.312. The molecule has 1 aliphatic carbocycles. The van der Waals surface area contributed by atoms with Gasteiger partial charge in [-0.1, -0.05) is 6.92 Å². The Labute approximate surface area is 109 Å². The molecule has 0 spiro atoms. The highest BCUT2D eigenvalue weighted by Gasteiger charge is 2.32. The molecule has 2 unspecified atom stereocenters. The summed E-state index contributed by atoms with van der Waals surface area (Å²) >= 11 is 0. The zero-order chi connectivity index (χ0) is 13.7. The highest BCUT2D eigenvalue weighted by molar-refractivity contribution is 5.97. The first-order valence-electron chi connectivity index (χ1n) is 5.87. The van der Waals surface area contributed by atoms with E-state index in [-0.39, 0.29) is 17.4 Å². The van der Waals surface area contributed by atoms with E-state index in [1.807, 2.05) is 6.92 Å². The second-order valence-electron chi connectivity index (χ2n) is 4.68. The SMILES string of the molecule is CC1C2=CC(O)C(=O)C=C2Oc2cc(O)c(O)cc21. The molecule has 3 N–H and O–H groups in total. The maximum Gasteiger partial charge on any atom is 0.191 e. The number of phenols is 2. The molecule has 1 aromatic rings.